The van der Waals surface area contributed by atoms with E-state index in [4.69, 9.17) is 4.42 Å². The van der Waals surface area contributed by atoms with Crippen LogP contribution in [0.4, 0.5) is 0 Å². The Morgan fingerprint density at radius 2 is 1.14 bits per heavy atom. The van der Waals surface area contributed by atoms with E-state index in [1.165, 1.54) is 49.7 Å². The van der Waals surface area contributed by atoms with Gasteiger partial charge in [-0.3, -0.25) is 4.79 Å². The van der Waals surface area contributed by atoms with Gasteiger partial charge in [-0.15, -0.1) is 0 Å². The van der Waals surface area contributed by atoms with Crippen LogP contribution in [0, 0.1) is 0 Å². The van der Waals surface area contributed by atoms with E-state index in [0.717, 1.165) is 12.8 Å². The minimum Gasteiger partial charge on any atom is -0.456 e. The largest absolute Gasteiger partial charge is 0.456 e. The molecule has 0 radical (unpaired) electrons. The highest BCUT2D eigenvalue weighted by molar-refractivity contribution is 6.09. The van der Waals surface area contributed by atoms with Crippen molar-refractivity contribution in [2.24, 2.45) is 0 Å². The number of hydrogen-bond acceptors (Lipinski definition) is 2. The predicted octanol–water partition coefficient (Wildman–Crippen LogP) is 7.54. The second kappa shape index (κ2) is 7.19. The third kappa shape index (κ3) is 2.71. The first-order chi connectivity index (χ1) is 17.7. The molecule has 1 aliphatic carbocycles. The summed E-state index contributed by atoms with van der Waals surface area (Å²) in [7, 11) is 0. The molecule has 7 aromatic rings. The Bertz CT molecular complexity index is 2020. The maximum atomic E-state index is 13.1. The van der Waals surface area contributed by atoms with Gasteiger partial charge in [0.05, 0.1) is 21.8 Å². The van der Waals surface area contributed by atoms with Crippen LogP contribution in [0.25, 0.3) is 49.4 Å². The highest BCUT2D eigenvalue weighted by Crippen LogP contribution is 2.35. The summed E-state index contributed by atoms with van der Waals surface area (Å²) in [5.41, 5.74) is 10.0. The van der Waals surface area contributed by atoms with E-state index in [0.29, 0.717) is 21.9 Å². The smallest absolute Gasteiger partial charge is 0.200 e. The van der Waals surface area contributed by atoms with Gasteiger partial charge >= 0.3 is 0 Å². The molecule has 36 heavy (non-hydrogen) atoms. The molecule has 0 bridgehead atoms. The number of rotatable bonds is 1. The third-order valence-electron chi connectivity index (χ3n) is 7.69. The summed E-state index contributed by atoms with van der Waals surface area (Å²) >= 11 is 0. The monoisotopic (exact) mass is 463 g/mol. The number of benzene rings is 5. The molecule has 0 saturated carbocycles. The molecule has 3 heteroatoms. The molecule has 2 aromatic heterocycles. The zero-order chi connectivity index (χ0) is 23.8. The molecule has 3 nitrogen and oxygen atoms in total. The van der Waals surface area contributed by atoms with Crippen LogP contribution in [0.1, 0.15) is 22.3 Å². The van der Waals surface area contributed by atoms with Gasteiger partial charge in [-0.25, -0.2) is 0 Å². The van der Waals surface area contributed by atoms with Crippen molar-refractivity contribution in [1.29, 1.82) is 0 Å². The van der Waals surface area contributed by atoms with Gasteiger partial charge in [0.25, 0.3) is 0 Å². The highest BCUT2D eigenvalue weighted by Gasteiger charge is 2.20. The zero-order valence-corrected chi connectivity index (χ0v) is 19.5. The minimum absolute atomic E-state index is 0.0437. The van der Waals surface area contributed by atoms with Gasteiger partial charge in [0.15, 0.2) is 0 Å². The lowest BCUT2D eigenvalue weighted by Crippen LogP contribution is -2.10. The van der Waals surface area contributed by atoms with Crippen molar-refractivity contribution in [3.63, 3.8) is 0 Å². The number of nitrogens with zero attached hydrogens (tertiary/aromatic N) is 1. The van der Waals surface area contributed by atoms with Gasteiger partial charge < -0.3 is 8.98 Å². The van der Waals surface area contributed by atoms with Crippen molar-refractivity contribution in [3.8, 4) is 5.69 Å². The number of aromatic nitrogens is 1. The van der Waals surface area contributed by atoms with Gasteiger partial charge in [0, 0.05) is 16.5 Å². The fourth-order valence-corrected chi connectivity index (χ4v) is 5.96. The van der Waals surface area contributed by atoms with Gasteiger partial charge in [-0.1, -0.05) is 54.6 Å². The molecule has 0 amide bonds. The fraction of sp³-hybridized carbons (Fsp3) is 0.0606. The summed E-state index contributed by atoms with van der Waals surface area (Å²) in [6, 6.07) is 35.6. The van der Waals surface area contributed by atoms with Crippen LogP contribution in [0.3, 0.4) is 0 Å². The summed E-state index contributed by atoms with van der Waals surface area (Å²) in [6.07, 6.45) is 1.64. The Labute approximate surface area is 206 Å². The Morgan fingerprint density at radius 3 is 1.92 bits per heavy atom. The molecule has 0 aliphatic heterocycles. The Balaban J connectivity index is 1.29. The van der Waals surface area contributed by atoms with Crippen LogP contribution in [-0.2, 0) is 12.8 Å². The van der Waals surface area contributed by atoms with Crippen molar-refractivity contribution in [1.82, 2.24) is 4.57 Å². The summed E-state index contributed by atoms with van der Waals surface area (Å²) in [4.78, 5) is 13.1. The van der Waals surface area contributed by atoms with E-state index in [1.54, 1.807) is 0 Å². The van der Waals surface area contributed by atoms with E-state index < -0.39 is 0 Å². The summed E-state index contributed by atoms with van der Waals surface area (Å²) in [6.45, 7) is 0. The summed E-state index contributed by atoms with van der Waals surface area (Å²) < 4.78 is 8.52. The molecule has 5 aromatic carbocycles. The van der Waals surface area contributed by atoms with Crippen LogP contribution in [0.15, 0.2) is 112 Å². The molecule has 0 saturated heterocycles. The molecule has 0 N–H and O–H groups in total. The molecular weight excluding hydrogens is 442 g/mol. The number of fused-ring (bicyclic) bond motifs is 7. The lowest BCUT2D eigenvalue weighted by atomic mass is 9.85. The first-order valence-corrected chi connectivity index (χ1v) is 12.3. The Kier molecular flexibility index (Phi) is 3.92. The maximum absolute atomic E-state index is 13.1. The van der Waals surface area contributed by atoms with Gasteiger partial charge in [0.1, 0.15) is 11.2 Å². The molecular formula is C33H21NO2. The van der Waals surface area contributed by atoms with Crippen molar-refractivity contribution in [2.45, 2.75) is 12.8 Å². The molecule has 0 spiro atoms. The van der Waals surface area contributed by atoms with Crippen LogP contribution in [0.5, 0.6) is 0 Å². The average molecular weight is 464 g/mol. The van der Waals surface area contributed by atoms with Gasteiger partial charge in [0.2, 0.25) is 5.43 Å². The van der Waals surface area contributed by atoms with Crippen LogP contribution >= 0.6 is 0 Å². The first-order valence-electron chi connectivity index (χ1n) is 12.3. The molecule has 2 heterocycles. The zero-order valence-electron chi connectivity index (χ0n) is 19.5. The first kappa shape index (κ1) is 19.7. The SMILES string of the molecule is O=c1c2ccccc2oc2cc3c(cc12)Cc1ccc(-n2c4ccccc4c4ccccc42)cc1C3. The lowest BCUT2D eigenvalue weighted by molar-refractivity contribution is 0.659. The van der Waals surface area contributed by atoms with E-state index in [1.807, 2.05) is 30.3 Å². The van der Waals surface area contributed by atoms with E-state index >= 15 is 0 Å². The molecule has 8 rings (SSSR count). The quantitative estimate of drug-likeness (QED) is 0.236. The summed E-state index contributed by atoms with van der Waals surface area (Å²) in [5, 5.41) is 3.84. The third-order valence-corrected chi connectivity index (χ3v) is 7.69. The fourth-order valence-electron chi connectivity index (χ4n) is 5.96. The second-order valence-corrected chi connectivity index (χ2v) is 9.72. The second-order valence-electron chi connectivity index (χ2n) is 9.72. The Morgan fingerprint density at radius 1 is 0.528 bits per heavy atom. The minimum atomic E-state index is 0.0437. The molecule has 170 valence electrons. The maximum Gasteiger partial charge on any atom is 0.200 e. The topological polar surface area (TPSA) is 35.1 Å². The lowest BCUT2D eigenvalue weighted by Gasteiger charge is -2.21. The highest BCUT2D eigenvalue weighted by atomic mass is 16.3. The van der Waals surface area contributed by atoms with Crippen molar-refractivity contribution < 1.29 is 4.42 Å². The van der Waals surface area contributed by atoms with Crippen LogP contribution < -0.4 is 5.43 Å². The Hall–Kier alpha value is -4.63. The normalized spacial score (nSPS) is 12.9. The molecule has 1 aliphatic rings. The molecule has 0 unspecified atom stereocenters. The van der Waals surface area contributed by atoms with Crippen molar-refractivity contribution >= 4 is 43.7 Å². The van der Waals surface area contributed by atoms with Crippen molar-refractivity contribution in [3.05, 3.63) is 136 Å². The number of hydrogen-bond donors (Lipinski definition) is 0. The molecule has 0 atom stereocenters. The number of para-hydroxylation sites is 3. The van der Waals surface area contributed by atoms with Gasteiger partial charge in [-0.05, 0) is 83.6 Å². The van der Waals surface area contributed by atoms with E-state index in [2.05, 4.69) is 77.4 Å². The predicted molar refractivity (Wildman–Crippen MR) is 146 cm³/mol. The average Bonchev–Trinajstić information content (AvgIpc) is 3.25. The van der Waals surface area contributed by atoms with E-state index in [-0.39, 0.29) is 5.43 Å². The van der Waals surface area contributed by atoms with Crippen LogP contribution in [-0.4, -0.2) is 4.57 Å². The van der Waals surface area contributed by atoms with Crippen molar-refractivity contribution in [2.75, 3.05) is 0 Å². The summed E-state index contributed by atoms with van der Waals surface area (Å²) in [5.74, 6) is 0. The van der Waals surface area contributed by atoms with E-state index in [9.17, 15) is 4.79 Å². The molecule has 0 fully saturated rings. The standard InChI is InChI=1S/C33H21NO2/c35-33-27-9-3-6-12-31(27)36-32-19-23-16-21-17-24(14-13-20(21)15-22(23)18-28(32)33)34-29-10-4-1-7-25(29)26-8-2-5-11-30(26)34/h1-14,17-19H,15-16H2. The van der Waals surface area contributed by atoms with Gasteiger partial charge in [-0.2, -0.15) is 0 Å². The van der Waals surface area contributed by atoms with Crippen LogP contribution in [0.2, 0.25) is 0 Å².